The third-order valence-corrected chi connectivity index (χ3v) is 6.69. The molecule has 0 saturated carbocycles. The molecule has 3 rings (SSSR count). The predicted molar refractivity (Wildman–Crippen MR) is 150 cm³/mol. The summed E-state index contributed by atoms with van der Waals surface area (Å²) >= 11 is 0. The number of aliphatic hydroxyl groups is 1. The minimum Gasteiger partial charge on any atom is -0.506 e. The Kier molecular flexibility index (Phi) is 9.50. The van der Waals surface area contributed by atoms with Crippen LogP contribution in [0.2, 0.25) is 0 Å². The number of rotatable bonds is 11. The highest BCUT2D eigenvalue weighted by molar-refractivity contribution is 5.89. The molecular formula is C30H38N4O4. The summed E-state index contributed by atoms with van der Waals surface area (Å²) in [5.41, 5.74) is 8.59. The van der Waals surface area contributed by atoms with Crippen LogP contribution < -0.4 is 16.4 Å². The van der Waals surface area contributed by atoms with E-state index >= 15 is 0 Å². The molecule has 0 aliphatic carbocycles. The Labute approximate surface area is 224 Å². The second-order valence-corrected chi connectivity index (χ2v) is 10.3. The van der Waals surface area contributed by atoms with Gasteiger partial charge in [0.2, 0.25) is 5.91 Å². The minimum atomic E-state index is -0.866. The standard InChI is InChI=1S/C30H38N4O4/c1-20(23-11-6-5-7-12-23)34(4)28(37)16-21-9-8-10-22(15-21)18-30(2,3)32-19-27(36)24-13-14-26(35)25(17-24)33-29(31)38/h5-15,17,20,27,32,35-36H,16,18-19H2,1-4H3,(H3,31,33,38). The Morgan fingerprint density at radius 1 is 0.974 bits per heavy atom. The van der Waals surface area contributed by atoms with Crippen LogP contribution in [0.4, 0.5) is 10.5 Å². The molecule has 0 fully saturated rings. The monoisotopic (exact) mass is 518 g/mol. The summed E-state index contributed by atoms with van der Waals surface area (Å²) in [6.45, 7) is 6.38. The Morgan fingerprint density at radius 3 is 2.34 bits per heavy atom. The number of urea groups is 1. The number of hydrogen-bond acceptors (Lipinski definition) is 5. The Bertz CT molecular complexity index is 1250. The molecule has 2 unspecified atom stereocenters. The van der Waals surface area contributed by atoms with E-state index in [0.29, 0.717) is 18.4 Å². The number of aliphatic hydroxyl groups excluding tert-OH is 1. The molecule has 202 valence electrons. The number of benzene rings is 3. The highest BCUT2D eigenvalue weighted by atomic mass is 16.3. The van der Waals surface area contributed by atoms with Gasteiger partial charge in [-0.25, -0.2) is 4.79 Å². The zero-order valence-corrected chi connectivity index (χ0v) is 22.4. The highest BCUT2D eigenvalue weighted by Crippen LogP contribution is 2.27. The van der Waals surface area contributed by atoms with Crippen LogP contribution in [0.1, 0.15) is 55.2 Å². The zero-order valence-electron chi connectivity index (χ0n) is 22.4. The molecule has 8 nitrogen and oxygen atoms in total. The number of phenols is 1. The molecule has 0 aliphatic rings. The molecular weight excluding hydrogens is 480 g/mol. The quantitative estimate of drug-likeness (QED) is 0.242. The topological polar surface area (TPSA) is 128 Å². The van der Waals surface area contributed by atoms with E-state index in [1.807, 2.05) is 76.3 Å². The van der Waals surface area contributed by atoms with Crippen LogP contribution in [0.25, 0.3) is 0 Å². The molecule has 38 heavy (non-hydrogen) atoms. The van der Waals surface area contributed by atoms with Crippen molar-refractivity contribution in [1.29, 1.82) is 0 Å². The van der Waals surface area contributed by atoms with Crippen LogP contribution in [-0.2, 0) is 17.6 Å². The number of aromatic hydroxyl groups is 1. The maximum atomic E-state index is 13.0. The van der Waals surface area contributed by atoms with Crippen LogP contribution in [0.3, 0.4) is 0 Å². The largest absolute Gasteiger partial charge is 0.506 e. The van der Waals surface area contributed by atoms with E-state index in [-0.39, 0.29) is 35.5 Å². The Morgan fingerprint density at radius 2 is 1.66 bits per heavy atom. The van der Waals surface area contributed by atoms with Crippen molar-refractivity contribution in [2.24, 2.45) is 5.73 Å². The molecule has 0 aromatic heterocycles. The molecule has 6 N–H and O–H groups in total. The molecule has 3 amide bonds. The number of carbonyl (C=O) groups is 2. The van der Waals surface area contributed by atoms with Crippen molar-refractivity contribution in [2.45, 2.75) is 51.3 Å². The number of likely N-dealkylation sites (N-methyl/N-ethyl adjacent to an activating group) is 1. The lowest BCUT2D eigenvalue weighted by molar-refractivity contribution is -0.131. The molecule has 0 radical (unpaired) electrons. The second-order valence-electron chi connectivity index (χ2n) is 10.3. The van der Waals surface area contributed by atoms with Gasteiger partial charge in [-0.2, -0.15) is 0 Å². The van der Waals surface area contributed by atoms with E-state index in [1.54, 1.807) is 11.0 Å². The lowest BCUT2D eigenvalue weighted by atomic mass is 9.93. The molecule has 0 saturated heterocycles. The summed E-state index contributed by atoms with van der Waals surface area (Å²) < 4.78 is 0. The Balaban J connectivity index is 1.59. The summed E-state index contributed by atoms with van der Waals surface area (Å²) in [6, 6.07) is 21.7. The van der Waals surface area contributed by atoms with Gasteiger partial charge in [0.15, 0.2) is 0 Å². The smallest absolute Gasteiger partial charge is 0.316 e. The van der Waals surface area contributed by atoms with E-state index < -0.39 is 12.1 Å². The fraction of sp³-hybridized carbons (Fsp3) is 0.333. The highest BCUT2D eigenvalue weighted by Gasteiger charge is 2.22. The first kappa shape index (κ1) is 28.7. The van der Waals surface area contributed by atoms with Gasteiger partial charge in [0, 0.05) is 19.1 Å². The molecule has 3 aromatic rings. The summed E-state index contributed by atoms with van der Waals surface area (Å²) in [5, 5.41) is 26.3. The van der Waals surface area contributed by atoms with Crippen LogP contribution in [0.5, 0.6) is 5.75 Å². The third-order valence-electron chi connectivity index (χ3n) is 6.69. The van der Waals surface area contributed by atoms with E-state index in [1.165, 1.54) is 12.1 Å². The lowest BCUT2D eigenvalue weighted by Crippen LogP contribution is -2.43. The van der Waals surface area contributed by atoms with E-state index in [2.05, 4.69) is 16.7 Å². The minimum absolute atomic E-state index is 0.0160. The number of amides is 3. The maximum Gasteiger partial charge on any atom is 0.316 e. The van der Waals surface area contributed by atoms with Gasteiger partial charge in [-0.05, 0) is 61.6 Å². The fourth-order valence-corrected chi connectivity index (χ4v) is 4.38. The fourth-order valence-electron chi connectivity index (χ4n) is 4.38. The molecule has 0 spiro atoms. The summed E-state index contributed by atoms with van der Waals surface area (Å²) in [7, 11) is 1.84. The van der Waals surface area contributed by atoms with Crippen LogP contribution in [-0.4, -0.2) is 46.2 Å². The number of nitrogens with zero attached hydrogens (tertiary/aromatic N) is 1. The van der Waals surface area contributed by atoms with Crippen molar-refractivity contribution >= 4 is 17.6 Å². The zero-order chi connectivity index (χ0) is 27.9. The van der Waals surface area contributed by atoms with Crippen molar-refractivity contribution < 1.29 is 19.8 Å². The van der Waals surface area contributed by atoms with Crippen molar-refractivity contribution in [1.82, 2.24) is 10.2 Å². The first-order valence-corrected chi connectivity index (χ1v) is 12.7. The number of nitrogens with two attached hydrogens (primary N) is 1. The second kappa shape index (κ2) is 12.6. The van der Waals surface area contributed by atoms with Gasteiger partial charge in [0.1, 0.15) is 5.75 Å². The first-order chi connectivity index (χ1) is 17.9. The van der Waals surface area contributed by atoms with Gasteiger partial charge in [0.25, 0.3) is 0 Å². The van der Waals surface area contributed by atoms with Gasteiger partial charge in [-0.15, -0.1) is 0 Å². The van der Waals surface area contributed by atoms with Gasteiger partial charge in [0.05, 0.1) is 24.3 Å². The number of phenolic OH excluding ortho intramolecular Hbond substituents is 1. The molecule has 0 bridgehead atoms. The van der Waals surface area contributed by atoms with E-state index in [9.17, 15) is 19.8 Å². The average Bonchev–Trinajstić information content (AvgIpc) is 2.88. The van der Waals surface area contributed by atoms with Crippen molar-refractivity contribution in [3.05, 3.63) is 95.1 Å². The van der Waals surface area contributed by atoms with Gasteiger partial charge in [-0.1, -0.05) is 60.7 Å². The third kappa shape index (κ3) is 8.06. The van der Waals surface area contributed by atoms with Gasteiger partial charge in [-0.3, -0.25) is 4.79 Å². The summed E-state index contributed by atoms with van der Waals surface area (Å²) in [5.74, 6) is -0.0785. The molecule has 8 heteroatoms. The first-order valence-electron chi connectivity index (χ1n) is 12.7. The summed E-state index contributed by atoms with van der Waals surface area (Å²) in [6.07, 6.45) is 0.132. The molecule has 0 aliphatic heterocycles. The number of carbonyl (C=O) groups excluding carboxylic acids is 2. The lowest BCUT2D eigenvalue weighted by Gasteiger charge is -2.28. The number of hydrogen-bond donors (Lipinski definition) is 5. The van der Waals surface area contributed by atoms with Crippen molar-refractivity contribution in [2.75, 3.05) is 18.9 Å². The number of β-amino-alcohol motifs (C(OH)–C–C–N with tert-alkyl or cyclic N) is 1. The van der Waals surface area contributed by atoms with Gasteiger partial charge < -0.3 is 31.5 Å². The van der Waals surface area contributed by atoms with Crippen molar-refractivity contribution in [3.8, 4) is 5.75 Å². The van der Waals surface area contributed by atoms with Crippen LogP contribution >= 0.6 is 0 Å². The Hall–Kier alpha value is -3.88. The van der Waals surface area contributed by atoms with Crippen LogP contribution in [0.15, 0.2) is 72.8 Å². The van der Waals surface area contributed by atoms with E-state index in [4.69, 9.17) is 5.73 Å². The molecule has 0 heterocycles. The van der Waals surface area contributed by atoms with Crippen molar-refractivity contribution in [3.63, 3.8) is 0 Å². The van der Waals surface area contributed by atoms with E-state index in [0.717, 1.165) is 16.7 Å². The average molecular weight is 519 g/mol. The molecule has 2 atom stereocenters. The normalized spacial score (nSPS) is 13.0. The van der Waals surface area contributed by atoms with Gasteiger partial charge >= 0.3 is 6.03 Å². The maximum absolute atomic E-state index is 13.0. The number of nitrogens with one attached hydrogen (secondary N) is 2. The number of primary amides is 1. The molecule has 3 aromatic carbocycles. The SMILES string of the molecule is CC(c1ccccc1)N(C)C(=O)Cc1cccc(CC(C)(C)NCC(O)c2ccc(O)c(NC(N)=O)c2)c1. The van der Waals surface area contributed by atoms with Crippen LogP contribution in [0, 0.1) is 0 Å². The summed E-state index contributed by atoms with van der Waals surface area (Å²) in [4.78, 5) is 25.9. The predicted octanol–water partition coefficient (Wildman–Crippen LogP) is 4.29. The number of anilines is 1.